The number of hydrogen-bond acceptors (Lipinski definition) is 3. The minimum atomic E-state index is -0.254. The molecule has 4 heteroatoms. The third kappa shape index (κ3) is 2.84. The van der Waals surface area contributed by atoms with Gasteiger partial charge in [0.1, 0.15) is 5.69 Å². The molecule has 1 N–H and O–H groups in total. The number of nitro groups is 1. The summed E-state index contributed by atoms with van der Waals surface area (Å²) in [4.78, 5) is 11.5. The van der Waals surface area contributed by atoms with Gasteiger partial charge in [-0.1, -0.05) is 50.3 Å². The highest BCUT2D eigenvalue weighted by molar-refractivity contribution is 5.74. The van der Waals surface area contributed by atoms with Crippen molar-refractivity contribution in [2.45, 2.75) is 52.0 Å². The summed E-state index contributed by atoms with van der Waals surface area (Å²) in [6, 6.07) is 10.5. The van der Waals surface area contributed by atoms with Crippen molar-refractivity contribution < 1.29 is 4.92 Å². The van der Waals surface area contributed by atoms with E-state index in [9.17, 15) is 10.1 Å². The topological polar surface area (TPSA) is 55.2 Å². The van der Waals surface area contributed by atoms with Gasteiger partial charge >= 0.3 is 0 Å². The van der Waals surface area contributed by atoms with Crippen LogP contribution in [-0.4, -0.2) is 4.92 Å². The van der Waals surface area contributed by atoms with Crippen molar-refractivity contribution in [3.8, 4) is 0 Å². The number of nitrogens with one attached hydrogen (secondary N) is 1. The number of aryl methyl sites for hydroxylation is 1. The lowest BCUT2D eigenvalue weighted by Gasteiger charge is -2.38. The third-order valence-electron chi connectivity index (χ3n) is 6.31. The zero-order valence-corrected chi connectivity index (χ0v) is 16.3. The van der Waals surface area contributed by atoms with Crippen molar-refractivity contribution in [3.63, 3.8) is 0 Å². The molecule has 0 saturated carbocycles. The zero-order chi connectivity index (χ0) is 19.3. The Hall–Kier alpha value is -2.62. The van der Waals surface area contributed by atoms with E-state index in [4.69, 9.17) is 0 Å². The van der Waals surface area contributed by atoms with E-state index in [2.05, 4.69) is 62.5 Å². The van der Waals surface area contributed by atoms with Crippen molar-refractivity contribution in [1.29, 1.82) is 0 Å². The molecular weight excluding hydrogens is 336 g/mol. The molecule has 27 heavy (non-hydrogen) atoms. The van der Waals surface area contributed by atoms with E-state index in [1.54, 1.807) is 6.07 Å². The van der Waals surface area contributed by atoms with E-state index in [-0.39, 0.29) is 22.6 Å². The Bertz CT molecular complexity index is 928. The van der Waals surface area contributed by atoms with E-state index in [0.29, 0.717) is 17.5 Å². The maximum atomic E-state index is 11.7. The lowest BCUT2D eigenvalue weighted by atomic mass is 9.74. The Kier molecular flexibility index (Phi) is 4.29. The summed E-state index contributed by atoms with van der Waals surface area (Å²) in [5, 5.41) is 15.3. The number of benzene rings is 2. The second kappa shape index (κ2) is 6.52. The third-order valence-corrected chi connectivity index (χ3v) is 6.31. The second-order valence-corrected chi connectivity index (χ2v) is 8.18. The Labute approximate surface area is 160 Å². The molecule has 1 heterocycles. The van der Waals surface area contributed by atoms with Gasteiger partial charge in [-0.3, -0.25) is 10.1 Å². The Morgan fingerprint density at radius 3 is 2.52 bits per heavy atom. The van der Waals surface area contributed by atoms with Gasteiger partial charge in [0, 0.05) is 12.0 Å². The lowest BCUT2D eigenvalue weighted by Crippen LogP contribution is -2.30. The van der Waals surface area contributed by atoms with Crippen LogP contribution in [0.25, 0.3) is 0 Å². The smallest absolute Gasteiger partial charge is 0.292 e. The predicted octanol–water partition coefficient (Wildman–Crippen LogP) is 6.16. The van der Waals surface area contributed by atoms with Gasteiger partial charge in [0.15, 0.2) is 0 Å². The van der Waals surface area contributed by atoms with E-state index in [1.165, 1.54) is 16.7 Å². The first kappa shape index (κ1) is 17.8. The average Bonchev–Trinajstić information content (AvgIpc) is 3.13. The average molecular weight is 362 g/mol. The van der Waals surface area contributed by atoms with Crippen LogP contribution in [0.4, 0.5) is 11.4 Å². The molecule has 0 bridgehead atoms. The molecule has 0 unspecified atom stereocenters. The molecule has 0 aromatic heterocycles. The lowest BCUT2D eigenvalue weighted by molar-refractivity contribution is -0.384. The first-order valence-corrected chi connectivity index (χ1v) is 9.70. The van der Waals surface area contributed by atoms with Crippen LogP contribution in [0.5, 0.6) is 0 Å². The first-order valence-electron chi connectivity index (χ1n) is 9.70. The summed E-state index contributed by atoms with van der Waals surface area (Å²) >= 11 is 0. The summed E-state index contributed by atoms with van der Waals surface area (Å²) in [5.41, 5.74) is 6.67. The number of nitro benzene ring substituents is 1. The van der Waals surface area contributed by atoms with Crippen molar-refractivity contribution in [1.82, 2.24) is 0 Å². The Balaban J connectivity index is 1.83. The van der Waals surface area contributed by atoms with Crippen LogP contribution in [-0.2, 0) is 0 Å². The predicted molar refractivity (Wildman–Crippen MR) is 109 cm³/mol. The molecule has 0 fully saturated rings. The van der Waals surface area contributed by atoms with Crippen molar-refractivity contribution in [2.75, 3.05) is 5.32 Å². The summed E-state index contributed by atoms with van der Waals surface area (Å²) in [6.07, 6.45) is 5.47. The van der Waals surface area contributed by atoms with E-state index >= 15 is 0 Å². The van der Waals surface area contributed by atoms with Gasteiger partial charge < -0.3 is 5.32 Å². The van der Waals surface area contributed by atoms with Crippen LogP contribution < -0.4 is 5.32 Å². The van der Waals surface area contributed by atoms with E-state index in [0.717, 1.165) is 17.5 Å². The van der Waals surface area contributed by atoms with Crippen LogP contribution in [0.15, 0.2) is 42.5 Å². The van der Waals surface area contributed by atoms with Crippen LogP contribution in [0, 0.1) is 29.9 Å². The zero-order valence-electron chi connectivity index (χ0n) is 16.3. The number of nitrogens with zero attached hydrogens (tertiary/aromatic N) is 1. The number of allylic oxidation sites excluding steroid dienone is 2. The molecule has 4 nitrogen and oxygen atoms in total. The van der Waals surface area contributed by atoms with Gasteiger partial charge in [-0.05, 0) is 59.9 Å². The fourth-order valence-corrected chi connectivity index (χ4v) is 4.64. The molecule has 4 rings (SSSR count). The largest absolute Gasteiger partial charge is 0.372 e. The van der Waals surface area contributed by atoms with E-state index < -0.39 is 0 Å². The molecule has 1 aliphatic heterocycles. The normalized spacial score (nSPS) is 23.1. The van der Waals surface area contributed by atoms with Crippen LogP contribution in [0.3, 0.4) is 0 Å². The van der Waals surface area contributed by atoms with Gasteiger partial charge in [-0.2, -0.15) is 0 Å². The summed E-state index contributed by atoms with van der Waals surface area (Å²) in [6.45, 7) is 8.43. The highest BCUT2D eigenvalue weighted by Crippen LogP contribution is 2.53. The molecule has 3 atom stereocenters. The molecular formula is C23H26N2O2. The molecule has 2 aliphatic rings. The number of hydrogen-bond donors (Lipinski definition) is 1. The molecule has 0 spiro atoms. The molecule has 2 aromatic rings. The molecule has 0 amide bonds. The molecule has 0 radical (unpaired) electrons. The molecule has 0 saturated heterocycles. The van der Waals surface area contributed by atoms with Crippen LogP contribution in [0.1, 0.15) is 66.0 Å². The van der Waals surface area contributed by atoms with Gasteiger partial charge in [0.2, 0.25) is 0 Å². The fourth-order valence-electron chi connectivity index (χ4n) is 4.64. The molecule has 140 valence electrons. The summed E-state index contributed by atoms with van der Waals surface area (Å²) < 4.78 is 0. The Morgan fingerprint density at radius 1 is 1.19 bits per heavy atom. The van der Waals surface area contributed by atoms with Crippen molar-refractivity contribution in [3.05, 3.63) is 80.4 Å². The highest BCUT2D eigenvalue weighted by atomic mass is 16.6. The minimum Gasteiger partial charge on any atom is -0.372 e. The van der Waals surface area contributed by atoms with Gasteiger partial charge in [0.25, 0.3) is 5.69 Å². The number of rotatable bonds is 3. The standard InChI is InChI=1S/C23H26N2O2/c1-13(2)16-8-10-17(11-9-16)22-19-7-5-6-18(19)21-15(4)14(3)12-20(25(26)27)23(21)24-22/h5-6,8-13,18-19,22,24H,7H2,1-4H3/t18-,19+,22+/m1/s1. The maximum Gasteiger partial charge on any atom is 0.292 e. The maximum absolute atomic E-state index is 11.7. The number of fused-ring (bicyclic) bond motifs is 3. The highest BCUT2D eigenvalue weighted by Gasteiger charge is 2.41. The summed E-state index contributed by atoms with van der Waals surface area (Å²) in [5.74, 6) is 1.11. The van der Waals surface area contributed by atoms with E-state index in [1.807, 2.05) is 6.92 Å². The van der Waals surface area contributed by atoms with Gasteiger partial charge in [-0.25, -0.2) is 0 Å². The van der Waals surface area contributed by atoms with Crippen LogP contribution in [0.2, 0.25) is 0 Å². The van der Waals surface area contributed by atoms with Gasteiger partial charge in [-0.15, -0.1) is 0 Å². The fraction of sp³-hybridized carbons (Fsp3) is 0.391. The van der Waals surface area contributed by atoms with Crippen molar-refractivity contribution >= 4 is 11.4 Å². The number of anilines is 1. The molecule has 1 aliphatic carbocycles. The second-order valence-electron chi connectivity index (χ2n) is 8.18. The monoisotopic (exact) mass is 362 g/mol. The minimum absolute atomic E-state index is 0.0829. The summed E-state index contributed by atoms with van der Waals surface area (Å²) in [7, 11) is 0. The quantitative estimate of drug-likeness (QED) is 0.404. The SMILES string of the molecule is Cc1cc([N+](=O)[O-])c2c(c1C)[C@@H]1C=CC[C@@H]1[C@H](c1ccc(C(C)C)cc1)N2. The van der Waals surface area contributed by atoms with Gasteiger partial charge in [0.05, 0.1) is 11.0 Å². The van der Waals surface area contributed by atoms with Crippen molar-refractivity contribution in [2.24, 2.45) is 5.92 Å². The Morgan fingerprint density at radius 2 is 1.89 bits per heavy atom. The first-order chi connectivity index (χ1) is 12.9. The molecule has 2 aromatic carbocycles. The van der Waals surface area contributed by atoms with Crippen LogP contribution >= 0.6 is 0 Å².